The molecule has 0 bridgehead atoms. The quantitative estimate of drug-likeness (QED) is 0.819. The largest absolute Gasteiger partial charge is 0.507 e. The van der Waals surface area contributed by atoms with Gasteiger partial charge in [0, 0.05) is 12.8 Å². The molecule has 2 aromatic carbocycles. The number of carbonyl (C=O) groups is 2. The van der Waals surface area contributed by atoms with Gasteiger partial charge >= 0.3 is 0 Å². The van der Waals surface area contributed by atoms with Gasteiger partial charge in [-0.25, -0.2) is 0 Å². The summed E-state index contributed by atoms with van der Waals surface area (Å²) >= 11 is 0. The summed E-state index contributed by atoms with van der Waals surface area (Å²) < 4.78 is 0. The Morgan fingerprint density at radius 2 is 1.05 bits per heavy atom. The fraction of sp³-hybridized carbons (Fsp3) is 0.125. The van der Waals surface area contributed by atoms with Gasteiger partial charge in [0.15, 0.2) is 11.6 Å². The summed E-state index contributed by atoms with van der Waals surface area (Å²) in [4.78, 5) is 23.8. The monoisotopic (exact) mass is 270 g/mol. The van der Waals surface area contributed by atoms with E-state index in [0.29, 0.717) is 0 Å². The zero-order chi connectivity index (χ0) is 14.5. The molecule has 0 aliphatic heterocycles. The third kappa shape index (κ3) is 3.03. The molecule has 0 aliphatic rings. The second-order valence-electron chi connectivity index (χ2n) is 4.38. The van der Waals surface area contributed by atoms with Gasteiger partial charge < -0.3 is 10.2 Å². The van der Waals surface area contributed by atoms with Crippen molar-refractivity contribution in [1.82, 2.24) is 0 Å². The normalized spacial score (nSPS) is 10.2. The standard InChI is InChI=1S/C16H14O4/c17-13-7-3-1-5-11(13)15(19)9-10-16(20)12-6-2-4-8-14(12)18/h1-8,17-18H,9-10H2. The Hall–Kier alpha value is -2.62. The summed E-state index contributed by atoms with van der Waals surface area (Å²) in [7, 11) is 0. The van der Waals surface area contributed by atoms with Crippen molar-refractivity contribution in [2.24, 2.45) is 0 Å². The van der Waals surface area contributed by atoms with Gasteiger partial charge in [0.2, 0.25) is 0 Å². The maximum absolute atomic E-state index is 11.9. The topological polar surface area (TPSA) is 74.6 Å². The van der Waals surface area contributed by atoms with E-state index in [1.54, 1.807) is 24.3 Å². The molecule has 0 saturated heterocycles. The molecule has 0 heterocycles. The van der Waals surface area contributed by atoms with Gasteiger partial charge in [0.1, 0.15) is 11.5 Å². The fourth-order valence-corrected chi connectivity index (χ4v) is 1.92. The van der Waals surface area contributed by atoms with Crippen LogP contribution in [0.4, 0.5) is 0 Å². The number of Topliss-reactive ketones (excluding diaryl/α,β-unsaturated/α-hetero) is 2. The van der Waals surface area contributed by atoms with E-state index >= 15 is 0 Å². The van der Waals surface area contributed by atoms with Gasteiger partial charge in [-0.2, -0.15) is 0 Å². The summed E-state index contributed by atoms with van der Waals surface area (Å²) in [6.45, 7) is 0. The lowest BCUT2D eigenvalue weighted by Crippen LogP contribution is -2.05. The lowest BCUT2D eigenvalue weighted by atomic mass is 10.0. The molecule has 2 rings (SSSR count). The molecule has 0 radical (unpaired) electrons. The number of para-hydroxylation sites is 2. The highest BCUT2D eigenvalue weighted by Gasteiger charge is 2.15. The molecule has 0 spiro atoms. The molecule has 0 atom stereocenters. The number of ketones is 2. The van der Waals surface area contributed by atoms with E-state index < -0.39 is 0 Å². The van der Waals surface area contributed by atoms with Crippen LogP contribution < -0.4 is 0 Å². The number of benzene rings is 2. The summed E-state index contributed by atoms with van der Waals surface area (Å²) in [5.74, 6) is -0.779. The van der Waals surface area contributed by atoms with Crippen molar-refractivity contribution in [3.63, 3.8) is 0 Å². The number of aromatic hydroxyl groups is 2. The van der Waals surface area contributed by atoms with Crippen LogP contribution in [0.1, 0.15) is 33.6 Å². The van der Waals surface area contributed by atoms with Gasteiger partial charge in [-0.3, -0.25) is 9.59 Å². The van der Waals surface area contributed by atoms with Crippen LogP contribution in [0.3, 0.4) is 0 Å². The molecule has 0 unspecified atom stereocenters. The third-order valence-electron chi connectivity index (χ3n) is 2.99. The predicted molar refractivity (Wildman–Crippen MR) is 74.1 cm³/mol. The first kappa shape index (κ1) is 13.8. The molecule has 102 valence electrons. The van der Waals surface area contributed by atoms with Gasteiger partial charge in [0.05, 0.1) is 11.1 Å². The first-order valence-electron chi connectivity index (χ1n) is 6.22. The molecule has 0 saturated carbocycles. The fourth-order valence-electron chi connectivity index (χ4n) is 1.92. The molecule has 0 fully saturated rings. The second kappa shape index (κ2) is 6.02. The molecule has 0 aliphatic carbocycles. The Bertz CT molecular complexity index is 589. The van der Waals surface area contributed by atoms with Gasteiger partial charge in [-0.05, 0) is 24.3 Å². The molecule has 2 aromatic rings. The maximum atomic E-state index is 11.9. The van der Waals surface area contributed by atoms with Crippen LogP contribution >= 0.6 is 0 Å². The SMILES string of the molecule is O=C(CCC(=O)c1ccccc1O)c1ccccc1O. The van der Waals surface area contributed by atoms with Gasteiger partial charge in [-0.15, -0.1) is 0 Å². The van der Waals surface area contributed by atoms with Crippen LogP contribution in [0.5, 0.6) is 11.5 Å². The van der Waals surface area contributed by atoms with E-state index in [1.165, 1.54) is 24.3 Å². The van der Waals surface area contributed by atoms with Crippen molar-refractivity contribution in [1.29, 1.82) is 0 Å². The highest BCUT2D eigenvalue weighted by Crippen LogP contribution is 2.21. The Balaban J connectivity index is 2.03. The van der Waals surface area contributed by atoms with Crippen LogP contribution in [-0.2, 0) is 0 Å². The molecule has 4 nitrogen and oxygen atoms in total. The molecule has 20 heavy (non-hydrogen) atoms. The molecule has 2 N–H and O–H groups in total. The lowest BCUT2D eigenvalue weighted by Gasteiger charge is -2.04. The first-order chi connectivity index (χ1) is 9.59. The summed E-state index contributed by atoms with van der Waals surface area (Å²) in [6, 6.07) is 12.4. The van der Waals surface area contributed by atoms with Crippen LogP contribution in [0.15, 0.2) is 48.5 Å². The Morgan fingerprint density at radius 1 is 0.700 bits per heavy atom. The average molecular weight is 270 g/mol. The average Bonchev–Trinajstić information content (AvgIpc) is 2.45. The van der Waals surface area contributed by atoms with Crippen molar-refractivity contribution >= 4 is 11.6 Å². The number of hydrogen-bond donors (Lipinski definition) is 2. The van der Waals surface area contributed by atoms with Gasteiger partial charge in [-0.1, -0.05) is 24.3 Å². The first-order valence-corrected chi connectivity index (χ1v) is 6.22. The minimum atomic E-state index is -0.299. The van der Waals surface area contributed by atoms with Gasteiger partial charge in [0.25, 0.3) is 0 Å². The van der Waals surface area contributed by atoms with E-state index in [9.17, 15) is 19.8 Å². The number of carbonyl (C=O) groups excluding carboxylic acids is 2. The molecule has 0 aromatic heterocycles. The van der Waals surface area contributed by atoms with Crippen molar-refractivity contribution in [3.8, 4) is 11.5 Å². The van der Waals surface area contributed by atoms with Crippen molar-refractivity contribution in [3.05, 3.63) is 59.7 Å². The smallest absolute Gasteiger partial charge is 0.167 e. The number of hydrogen-bond acceptors (Lipinski definition) is 4. The molecular weight excluding hydrogens is 256 g/mol. The third-order valence-corrected chi connectivity index (χ3v) is 2.99. The van der Waals surface area contributed by atoms with Crippen LogP contribution in [-0.4, -0.2) is 21.8 Å². The Morgan fingerprint density at radius 3 is 1.40 bits per heavy atom. The van der Waals surface area contributed by atoms with Crippen LogP contribution in [0.2, 0.25) is 0 Å². The molecular formula is C16H14O4. The maximum Gasteiger partial charge on any atom is 0.167 e. The number of phenols is 2. The van der Waals surface area contributed by atoms with Crippen molar-refractivity contribution in [2.45, 2.75) is 12.8 Å². The minimum Gasteiger partial charge on any atom is -0.507 e. The summed E-state index contributed by atoms with van der Waals surface area (Å²) in [6.07, 6.45) is -0.0184. The minimum absolute atomic E-state index is 0.00919. The van der Waals surface area contributed by atoms with Crippen LogP contribution in [0, 0.1) is 0 Å². The van der Waals surface area contributed by atoms with E-state index in [1.807, 2.05) is 0 Å². The predicted octanol–water partition coefficient (Wildman–Crippen LogP) is 2.94. The highest BCUT2D eigenvalue weighted by atomic mass is 16.3. The number of phenolic OH excluding ortho intramolecular Hbond substituents is 2. The van der Waals surface area contributed by atoms with E-state index in [-0.39, 0.29) is 47.0 Å². The van der Waals surface area contributed by atoms with Crippen molar-refractivity contribution in [2.75, 3.05) is 0 Å². The van der Waals surface area contributed by atoms with E-state index in [2.05, 4.69) is 0 Å². The summed E-state index contributed by atoms with van der Waals surface area (Å²) in [5, 5.41) is 19.1. The molecule has 0 amide bonds. The highest BCUT2D eigenvalue weighted by molar-refractivity contribution is 6.04. The Kier molecular flexibility index (Phi) is 4.15. The van der Waals surface area contributed by atoms with Crippen LogP contribution in [0.25, 0.3) is 0 Å². The zero-order valence-corrected chi connectivity index (χ0v) is 10.7. The number of rotatable bonds is 5. The second-order valence-corrected chi connectivity index (χ2v) is 4.38. The molecule has 4 heteroatoms. The summed E-state index contributed by atoms with van der Waals surface area (Å²) in [5.41, 5.74) is 0.412. The van der Waals surface area contributed by atoms with E-state index in [4.69, 9.17) is 0 Å². The lowest BCUT2D eigenvalue weighted by molar-refractivity contribution is 0.0914. The van der Waals surface area contributed by atoms with E-state index in [0.717, 1.165) is 0 Å². The Labute approximate surface area is 116 Å². The van der Waals surface area contributed by atoms with Crippen molar-refractivity contribution < 1.29 is 19.8 Å². The zero-order valence-electron chi connectivity index (χ0n) is 10.7.